The Bertz CT molecular complexity index is 760. The van der Waals surface area contributed by atoms with Gasteiger partial charge in [0.15, 0.2) is 0 Å². The molecule has 0 bridgehead atoms. The van der Waals surface area contributed by atoms with Gasteiger partial charge in [0, 0.05) is 0 Å². The molecule has 158 valence electrons. The van der Waals surface area contributed by atoms with Gasteiger partial charge in [-0.25, -0.2) is 0 Å². The van der Waals surface area contributed by atoms with Crippen LogP contribution in [0.1, 0.15) is 0 Å². The van der Waals surface area contributed by atoms with Gasteiger partial charge in [0.25, 0.3) is 0 Å². The second-order valence-corrected chi connectivity index (χ2v) is 20.8. The second kappa shape index (κ2) is 5.97. The number of hydrogen-bond acceptors (Lipinski definition) is 6. The van der Waals surface area contributed by atoms with E-state index < -0.39 is 55.7 Å². The summed E-state index contributed by atoms with van der Waals surface area (Å²) in [5.41, 5.74) is -23.3. The molecule has 26 heavy (non-hydrogen) atoms. The van der Waals surface area contributed by atoms with Gasteiger partial charge in [-0.1, -0.05) is 0 Å². The van der Waals surface area contributed by atoms with E-state index in [4.69, 9.17) is 0 Å². The van der Waals surface area contributed by atoms with Crippen molar-refractivity contribution in [1.82, 2.24) is 0 Å². The zero-order valence-corrected chi connectivity index (χ0v) is 14.0. The van der Waals surface area contributed by atoms with Crippen LogP contribution in [0.25, 0.3) is 0 Å². The highest BCUT2D eigenvalue weighted by atomic mass is 33.4. The van der Waals surface area contributed by atoms with Crippen molar-refractivity contribution in [3.8, 4) is 0 Å². The van der Waals surface area contributed by atoms with Crippen molar-refractivity contribution in [3.63, 3.8) is 0 Å². The minimum Gasteiger partial charge on any atom is -0.177 e. The first kappa shape index (κ1) is 25.4. The van der Waals surface area contributed by atoms with Gasteiger partial charge in [0.2, 0.25) is 0 Å². The summed E-state index contributed by atoms with van der Waals surface area (Å²) in [6.45, 7) is 0. The van der Waals surface area contributed by atoms with E-state index in [1.807, 2.05) is 0 Å². The molecule has 0 heterocycles. The van der Waals surface area contributed by atoms with Crippen LogP contribution in [-0.4, -0.2) is 47.7 Å². The van der Waals surface area contributed by atoms with Crippen molar-refractivity contribution in [2.24, 2.45) is 0 Å². The monoisotopic (exact) mass is 499 g/mol. The lowest BCUT2D eigenvalue weighted by atomic mass is 11.6. The van der Waals surface area contributed by atoms with Gasteiger partial charge >= 0.3 is 55.7 Å². The lowest BCUT2D eigenvalue weighted by Gasteiger charge is -2.26. The summed E-state index contributed by atoms with van der Waals surface area (Å²) in [7, 11) is -27.5. The van der Waals surface area contributed by atoms with Crippen LogP contribution in [0.5, 0.6) is 0 Å². The third-order valence-corrected chi connectivity index (χ3v) is 26.4. The Balaban J connectivity index is 8.24. The molecule has 0 fully saturated rings. The molecule has 22 heteroatoms. The summed E-state index contributed by atoms with van der Waals surface area (Å²) in [5, 5.41) is 0. The van der Waals surface area contributed by atoms with Crippen molar-refractivity contribution >= 4 is 33.2 Å². The lowest BCUT2D eigenvalue weighted by molar-refractivity contribution is -0.0543. The first-order chi connectivity index (χ1) is 10.8. The summed E-state index contributed by atoms with van der Waals surface area (Å²) in [5.74, 6) is -8.18. The zero-order valence-electron chi connectivity index (χ0n) is 10.7. The molecule has 0 radical (unpaired) electrons. The van der Waals surface area contributed by atoms with Crippen LogP contribution < -0.4 is 0 Å². The SMILES string of the molecule is O=S(=O)(C(F)(F)F)[P+](C(F)(F)F)(S(=O)(=O)C(F)(F)F)S(=O)(=O)C(F)(F)F. The van der Waals surface area contributed by atoms with Gasteiger partial charge in [0.05, 0.1) is 0 Å². The number of hydrogen-bond donors (Lipinski definition) is 0. The summed E-state index contributed by atoms with van der Waals surface area (Å²) in [6.07, 6.45) is 0. The molecule has 0 aliphatic carbocycles. The smallest absolute Gasteiger partial charge is 0.177 e. The normalized spacial score (nSPS) is 16.6. The summed E-state index contributed by atoms with van der Waals surface area (Å²) in [6, 6.07) is 0. The van der Waals surface area contributed by atoms with Crippen LogP contribution in [0, 0.1) is 0 Å². The molecule has 0 atom stereocenters. The molecule has 0 saturated heterocycles. The fourth-order valence-corrected chi connectivity index (χ4v) is 22.4. The molecular formula is C4F12O6PS3+. The van der Waals surface area contributed by atoms with Crippen LogP contribution in [0.15, 0.2) is 0 Å². The molecule has 0 N–H and O–H groups in total. The van der Waals surface area contributed by atoms with Crippen molar-refractivity contribution in [2.45, 2.75) is 22.4 Å². The van der Waals surface area contributed by atoms with E-state index >= 15 is 0 Å². The predicted molar refractivity (Wildman–Crippen MR) is 57.9 cm³/mol. The van der Waals surface area contributed by atoms with Gasteiger partial charge in [0.1, 0.15) is 0 Å². The van der Waals surface area contributed by atoms with Crippen LogP contribution in [0.2, 0.25) is 0 Å². The Labute approximate surface area is 134 Å². The van der Waals surface area contributed by atoms with Crippen LogP contribution in [-0.2, 0) is 28.4 Å². The maximum absolute atomic E-state index is 12.9. The van der Waals surface area contributed by atoms with E-state index in [1.54, 1.807) is 0 Å². The van der Waals surface area contributed by atoms with Gasteiger partial charge in [-0.2, -0.15) is 64.8 Å². The summed E-state index contributed by atoms with van der Waals surface area (Å²) >= 11 is 0. The molecule has 0 saturated carbocycles. The maximum atomic E-state index is 12.9. The lowest BCUT2D eigenvalue weighted by Crippen LogP contribution is -2.47. The Morgan fingerprint density at radius 3 is 0.654 bits per heavy atom. The largest absolute Gasteiger partial charge is 0.559 e. The van der Waals surface area contributed by atoms with Gasteiger partial charge in [-0.15, -0.1) is 13.2 Å². The predicted octanol–water partition coefficient (Wildman–Crippen LogP) is 3.07. The standard InChI is InChI=1S/C4F12O6PS3/c5-1(6,7)23(24(17,18)2(8,9)10,25(19,20)3(11,12)13)26(21,22)4(14,15)16/q+1. The van der Waals surface area contributed by atoms with E-state index in [9.17, 15) is 77.9 Å². The van der Waals surface area contributed by atoms with E-state index in [-0.39, 0.29) is 0 Å². The Kier molecular flexibility index (Phi) is 5.84. The molecule has 0 aromatic heterocycles. The highest BCUT2D eigenvalue weighted by Gasteiger charge is 3.01. The fourth-order valence-electron chi connectivity index (χ4n) is 1.21. The zero-order chi connectivity index (χ0) is 22.0. The Morgan fingerprint density at radius 1 is 0.423 bits per heavy atom. The topological polar surface area (TPSA) is 102 Å². The fraction of sp³-hybridized carbons (Fsp3) is 1.00. The summed E-state index contributed by atoms with van der Waals surface area (Å²) in [4.78, 5) is -10.1. The van der Waals surface area contributed by atoms with Crippen molar-refractivity contribution < 1.29 is 77.9 Å². The first-order valence-electron chi connectivity index (χ1n) is 4.65. The molecule has 0 aliphatic heterocycles. The second-order valence-electron chi connectivity index (χ2n) is 3.73. The van der Waals surface area contributed by atoms with Gasteiger partial charge in [-0.05, 0) is 0 Å². The van der Waals surface area contributed by atoms with Crippen molar-refractivity contribution in [1.29, 1.82) is 0 Å². The molecule has 0 spiro atoms. The molecule has 6 nitrogen and oxygen atoms in total. The molecule has 0 amide bonds. The van der Waals surface area contributed by atoms with Crippen LogP contribution in [0.4, 0.5) is 52.7 Å². The highest BCUT2D eigenvalue weighted by Crippen LogP contribution is 2.89. The quantitative estimate of drug-likeness (QED) is 0.437. The minimum absolute atomic E-state index is 7.77. The number of rotatable bonds is 3. The average Bonchev–Trinajstić information content (AvgIpc) is 2.20. The third-order valence-electron chi connectivity index (χ3n) is 2.14. The summed E-state index contributed by atoms with van der Waals surface area (Å²) < 4.78 is 216. The van der Waals surface area contributed by atoms with E-state index in [0.29, 0.717) is 0 Å². The van der Waals surface area contributed by atoms with Crippen LogP contribution >= 0.6 is 4.87 Å². The Morgan fingerprint density at radius 2 is 0.577 bits per heavy atom. The molecule has 0 aromatic rings. The average molecular weight is 499 g/mol. The van der Waals surface area contributed by atoms with Gasteiger partial charge < -0.3 is 0 Å². The molecule has 0 aromatic carbocycles. The maximum Gasteiger partial charge on any atom is 0.559 e. The highest BCUT2D eigenvalue weighted by molar-refractivity contribution is 9.13. The molecular weight excluding hydrogens is 499 g/mol. The third kappa shape index (κ3) is 3.03. The Hall–Kier alpha value is -0.560. The molecule has 0 aliphatic rings. The van der Waals surface area contributed by atoms with E-state index in [2.05, 4.69) is 0 Å². The molecule has 0 rings (SSSR count). The van der Waals surface area contributed by atoms with E-state index in [0.717, 1.165) is 0 Å². The van der Waals surface area contributed by atoms with Crippen LogP contribution in [0.3, 0.4) is 0 Å². The van der Waals surface area contributed by atoms with Crippen molar-refractivity contribution in [2.75, 3.05) is 0 Å². The number of halogens is 12. The molecule has 0 unspecified atom stereocenters. The van der Waals surface area contributed by atoms with Gasteiger partial charge in [-0.3, -0.25) is 0 Å². The van der Waals surface area contributed by atoms with E-state index in [1.165, 1.54) is 0 Å². The van der Waals surface area contributed by atoms with Crippen molar-refractivity contribution in [3.05, 3.63) is 0 Å². The minimum atomic E-state index is -10.1. The first-order valence-corrected chi connectivity index (χ1v) is 12.7. The number of alkyl halides is 12.